The van der Waals surface area contributed by atoms with E-state index in [9.17, 15) is 4.79 Å². The smallest absolute Gasteiger partial charge is 0.259 e. The first-order valence-corrected chi connectivity index (χ1v) is 6.97. The number of anilines is 2. The molecule has 0 fully saturated rings. The number of rotatable bonds is 2. The normalized spacial score (nSPS) is 10.7. The summed E-state index contributed by atoms with van der Waals surface area (Å²) in [7, 11) is 1.82. The molecule has 0 unspecified atom stereocenters. The number of carbonyl (C=O) groups excluding carboxylic acids is 1. The van der Waals surface area contributed by atoms with Crippen molar-refractivity contribution in [2.24, 2.45) is 7.05 Å². The van der Waals surface area contributed by atoms with Gasteiger partial charge in [0.05, 0.1) is 16.9 Å². The Hall–Kier alpha value is -1.82. The van der Waals surface area contributed by atoms with Crippen LogP contribution in [0.3, 0.4) is 0 Å². The molecule has 0 aliphatic rings. The van der Waals surface area contributed by atoms with Gasteiger partial charge in [-0.2, -0.15) is 5.10 Å². The maximum Gasteiger partial charge on any atom is 0.259 e. The second-order valence-electron chi connectivity index (χ2n) is 4.81. The zero-order chi connectivity index (χ0) is 15.0. The highest BCUT2D eigenvalue weighted by Crippen LogP contribution is 2.28. The summed E-state index contributed by atoms with van der Waals surface area (Å²) in [5.74, 6) is -0.183. The molecule has 106 valence electrons. The summed E-state index contributed by atoms with van der Waals surface area (Å²) in [5.41, 5.74) is 10.3. The Labute approximate surface area is 126 Å². The fourth-order valence-corrected chi connectivity index (χ4v) is 2.63. The van der Waals surface area contributed by atoms with Crippen molar-refractivity contribution in [3.63, 3.8) is 0 Å². The number of carbonyl (C=O) groups is 1. The van der Waals surface area contributed by atoms with Crippen molar-refractivity contribution in [2.45, 2.75) is 20.8 Å². The minimum atomic E-state index is -0.183. The molecule has 1 aromatic carbocycles. The molecule has 2 aromatic rings. The SMILES string of the molecule is Cc1cc(Br)c(NC(=O)c2c(C)nn(C)c2C)cc1N. The van der Waals surface area contributed by atoms with Crippen LogP contribution in [0, 0.1) is 20.8 Å². The Morgan fingerprint density at radius 3 is 2.55 bits per heavy atom. The van der Waals surface area contributed by atoms with Gasteiger partial charge in [0, 0.05) is 22.9 Å². The summed E-state index contributed by atoms with van der Waals surface area (Å²) in [6.45, 7) is 5.61. The molecule has 20 heavy (non-hydrogen) atoms. The molecule has 0 bridgehead atoms. The lowest BCUT2D eigenvalue weighted by molar-refractivity contribution is 0.102. The highest BCUT2D eigenvalue weighted by Gasteiger charge is 2.18. The third-order valence-electron chi connectivity index (χ3n) is 3.34. The molecule has 2 rings (SSSR count). The van der Waals surface area contributed by atoms with Gasteiger partial charge in [-0.05, 0) is 54.4 Å². The predicted octanol–water partition coefficient (Wildman–Crippen LogP) is 2.94. The number of halogens is 1. The molecule has 1 heterocycles. The van der Waals surface area contributed by atoms with Crippen molar-refractivity contribution < 1.29 is 4.79 Å². The standard InChI is InChI=1S/C14H17BrN4O/c1-7-5-10(15)12(6-11(7)16)17-14(20)13-8(2)18-19(4)9(13)3/h5-6H,16H2,1-4H3,(H,17,20). The highest BCUT2D eigenvalue weighted by atomic mass is 79.9. The van der Waals surface area contributed by atoms with Crippen molar-refractivity contribution in [3.8, 4) is 0 Å². The molecule has 0 radical (unpaired) electrons. The molecule has 0 aliphatic carbocycles. The number of nitrogens with two attached hydrogens (primary N) is 1. The third kappa shape index (κ3) is 2.56. The minimum Gasteiger partial charge on any atom is -0.398 e. The number of nitrogens with zero attached hydrogens (tertiary/aromatic N) is 2. The number of aryl methyl sites for hydroxylation is 3. The van der Waals surface area contributed by atoms with Gasteiger partial charge in [0.1, 0.15) is 0 Å². The molecule has 5 nitrogen and oxygen atoms in total. The van der Waals surface area contributed by atoms with Gasteiger partial charge in [-0.3, -0.25) is 9.48 Å². The molecule has 1 amide bonds. The Balaban J connectivity index is 2.35. The zero-order valence-electron chi connectivity index (χ0n) is 11.9. The Morgan fingerprint density at radius 1 is 1.35 bits per heavy atom. The number of benzene rings is 1. The average Bonchev–Trinajstić information content (AvgIpc) is 2.60. The number of nitrogen functional groups attached to an aromatic ring is 1. The largest absolute Gasteiger partial charge is 0.398 e. The van der Waals surface area contributed by atoms with Crippen molar-refractivity contribution in [1.29, 1.82) is 0 Å². The van der Waals surface area contributed by atoms with Crippen LogP contribution in [-0.2, 0) is 7.05 Å². The van der Waals surface area contributed by atoms with Crippen molar-refractivity contribution in [2.75, 3.05) is 11.1 Å². The first-order chi connectivity index (χ1) is 9.31. The van der Waals surface area contributed by atoms with E-state index in [0.29, 0.717) is 22.6 Å². The highest BCUT2D eigenvalue weighted by molar-refractivity contribution is 9.10. The summed E-state index contributed by atoms with van der Waals surface area (Å²) in [6.07, 6.45) is 0. The van der Waals surface area contributed by atoms with Crippen molar-refractivity contribution in [3.05, 3.63) is 39.1 Å². The second-order valence-corrected chi connectivity index (χ2v) is 5.67. The quantitative estimate of drug-likeness (QED) is 0.828. The van der Waals surface area contributed by atoms with E-state index < -0.39 is 0 Å². The minimum absolute atomic E-state index is 0.183. The van der Waals surface area contributed by atoms with Crippen LogP contribution in [0.5, 0.6) is 0 Å². The van der Waals surface area contributed by atoms with Gasteiger partial charge in [-0.15, -0.1) is 0 Å². The van der Waals surface area contributed by atoms with Gasteiger partial charge < -0.3 is 11.1 Å². The zero-order valence-corrected chi connectivity index (χ0v) is 13.5. The maximum atomic E-state index is 12.4. The average molecular weight is 337 g/mol. The van der Waals surface area contributed by atoms with Crippen LogP contribution in [0.15, 0.2) is 16.6 Å². The first-order valence-electron chi connectivity index (χ1n) is 6.18. The van der Waals surface area contributed by atoms with E-state index in [2.05, 4.69) is 26.3 Å². The summed E-state index contributed by atoms with van der Waals surface area (Å²) in [6, 6.07) is 3.63. The summed E-state index contributed by atoms with van der Waals surface area (Å²) >= 11 is 3.43. The Kier molecular flexibility index (Phi) is 3.85. The number of aromatic nitrogens is 2. The van der Waals surface area contributed by atoms with E-state index >= 15 is 0 Å². The molecule has 1 aromatic heterocycles. The predicted molar refractivity (Wildman–Crippen MR) is 83.9 cm³/mol. The van der Waals surface area contributed by atoms with Gasteiger partial charge in [-0.1, -0.05) is 0 Å². The van der Waals surface area contributed by atoms with E-state index in [-0.39, 0.29) is 5.91 Å². The number of nitrogens with one attached hydrogen (secondary N) is 1. The second kappa shape index (κ2) is 5.28. The van der Waals surface area contributed by atoms with Crippen LogP contribution >= 0.6 is 15.9 Å². The lowest BCUT2D eigenvalue weighted by atomic mass is 10.1. The molecule has 0 saturated heterocycles. The van der Waals surface area contributed by atoms with Gasteiger partial charge in [0.2, 0.25) is 0 Å². The molecule has 6 heteroatoms. The maximum absolute atomic E-state index is 12.4. The van der Waals surface area contributed by atoms with Gasteiger partial charge >= 0.3 is 0 Å². The van der Waals surface area contributed by atoms with Gasteiger partial charge in [0.15, 0.2) is 0 Å². The fraction of sp³-hybridized carbons (Fsp3) is 0.286. The summed E-state index contributed by atoms with van der Waals surface area (Å²) in [4.78, 5) is 12.4. The van der Waals surface area contributed by atoms with E-state index in [0.717, 1.165) is 15.7 Å². The molecule has 0 aliphatic heterocycles. The van der Waals surface area contributed by atoms with E-state index in [1.807, 2.05) is 33.9 Å². The molecular weight excluding hydrogens is 320 g/mol. The molecule has 0 spiro atoms. The lowest BCUT2D eigenvalue weighted by Gasteiger charge is -2.10. The summed E-state index contributed by atoms with van der Waals surface area (Å²) in [5, 5.41) is 7.12. The molecular formula is C14H17BrN4O. The van der Waals surface area contributed by atoms with Crippen LogP contribution < -0.4 is 11.1 Å². The van der Waals surface area contributed by atoms with Crippen LogP contribution in [0.25, 0.3) is 0 Å². The summed E-state index contributed by atoms with van der Waals surface area (Å²) < 4.78 is 2.50. The van der Waals surface area contributed by atoms with Crippen LogP contribution in [0.2, 0.25) is 0 Å². The Morgan fingerprint density at radius 2 is 2.00 bits per heavy atom. The number of hydrogen-bond donors (Lipinski definition) is 2. The lowest BCUT2D eigenvalue weighted by Crippen LogP contribution is -2.14. The van der Waals surface area contributed by atoms with Crippen LogP contribution in [0.1, 0.15) is 27.3 Å². The molecule has 0 atom stereocenters. The van der Waals surface area contributed by atoms with Crippen LogP contribution in [-0.4, -0.2) is 15.7 Å². The fourth-order valence-electron chi connectivity index (χ4n) is 2.07. The van der Waals surface area contributed by atoms with Gasteiger partial charge in [-0.25, -0.2) is 0 Å². The molecule has 0 saturated carbocycles. The van der Waals surface area contributed by atoms with E-state index in [1.165, 1.54) is 0 Å². The van der Waals surface area contributed by atoms with Gasteiger partial charge in [0.25, 0.3) is 5.91 Å². The monoisotopic (exact) mass is 336 g/mol. The first kappa shape index (κ1) is 14.6. The topological polar surface area (TPSA) is 72.9 Å². The van der Waals surface area contributed by atoms with Crippen LogP contribution in [0.4, 0.5) is 11.4 Å². The molecule has 3 N–H and O–H groups in total. The van der Waals surface area contributed by atoms with Crippen molar-refractivity contribution in [1.82, 2.24) is 9.78 Å². The number of amides is 1. The van der Waals surface area contributed by atoms with E-state index in [4.69, 9.17) is 5.73 Å². The van der Waals surface area contributed by atoms with Crippen molar-refractivity contribution >= 4 is 33.2 Å². The third-order valence-corrected chi connectivity index (χ3v) is 4.00. The van der Waals surface area contributed by atoms with E-state index in [1.54, 1.807) is 10.7 Å². The Bertz CT molecular complexity index is 691. The number of hydrogen-bond acceptors (Lipinski definition) is 3.